The van der Waals surface area contributed by atoms with E-state index in [2.05, 4.69) is 25.1 Å². The van der Waals surface area contributed by atoms with Crippen LogP contribution in [0, 0.1) is 0 Å². The van der Waals surface area contributed by atoms with Gasteiger partial charge in [-0.1, -0.05) is 0 Å². The number of anilines is 1. The van der Waals surface area contributed by atoms with Crippen LogP contribution in [0.4, 0.5) is 5.82 Å². The zero-order valence-electron chi connectivity index (χ0n) is 12.8. The zero-order chi connectivity index (χ0) is 15.6. The molecule has 7 heteroatoms. The summed E-state index contributed by atoms with van der Waals surface area (Å²) in [6, 6.07) is 5.89. The normalized spacial score (nSPS) is 15.1. The molecule has 3 aromatic rings. The lowest BCUT2D eigenvalue weighted by atomic mass is 10.1. The van der Waals surface area contributed by atoms with Crippen LogP contribution in [0.1, 0.15) is 0 Å². The monoisotopic (exact) mass is 311 g/mol. The average Bonchev–Trinajstić information content (AvgIpc) is 3.07. The highest BCUT2D eigenvalue weighted by Gasteiger charge is 2.17. The van der Waals surface area contributed by atoms with Crippen LogP contribution in [-0.2, 0) is 4.74 Å². The zero-order valence-corrected chi connectivity index (χ0v) is 12.8. The van der Waals surface area contributed by atoms with Gasteiger partial charge in [-0.15, -0.1) is 0 Å². The van der Waals surface area contributed by atoms with Crippen molar-refractivity contribution in [3.8, 4) is 17.1 Å². The number of nitrogens with zero attached hydrogens (tertiary/aromatic N) is 4. The van der Waals surface area contributed by atoms with E-state index in [0.29, 0.717) is 5.88 Å². The van der Waals surface area contributed by atoms with E-state index in [-0.39, 0.29) is 0 Å². The number of hydrogen-bond acceptors (Lipinski definition) is 6. The fourth-order valence-electron chi connectivity index (χ4n) is 2.83. The predicted octanol–water partition coefficient (Wildman–Crippen LogP) is 1.87. The second-order valence-electron chi connectivity index (χ2n) is 5.32. The molecular formula is C16H17N5O2. The van der Waals surface area contributed by atoms with Gasteiger partial charge in [-0.25, -0.2) is 9.97 Å². The Balaban J connectivity index is 1.79. The highest BCUT2D eigenvalue weighted by Crippen LogP contribution is 2.32. The minimum Gasteiger partial charge on any atom is -0.480 e. The minimum absolute atomic E-state index is 0.566. The van der Waals surface area contributed by atoms with Crippen LogP contribution in [0.2, 0.25) is 0 Å². The predicted molar refractivity (Wildman–Crippen MR) is 86.7 cm³/mol. The maximum atomic E-state index is 5.40. The largest absolute Gasteiger partial charge is 0.480 e. The van der Waals surface area contributed by atoms with E-state index in [1.54, 1.807) is 13.3 Å². The number of methoxy groups -OCH3 is 1. The highest BCUT2D eigenvalue weighted by molar-refractivity contribution is 5.96. The number of aromatic amines is 1. The number of nitrogens with one attached hydrogen (secondary N) is 1. The van der Waals surface area contributed by atoms with Crippen LogP contribution >= 0.6 is 0 Å². The number of fused-ring (bicyclic) bond motifs is 1. The van der Waals surface area contributed by atoms with E-state index >= 15 is 0 Å². The van der Waals surface area contributed by atoms with Crippen molar-refractivity contribution in [2.24, 2.45) is 0 Å². The molecule has 118 valence electrons. The Kier molecular flexibility index (Phi) is 3.55. The summed E-state index contributed by atoms with van der Waals surface area (Å²) >= 11 is 0. The Hall–Kier alpha value is -2.67. The summed E-state index contributed by atoms with van der Waals surface area (Å²) < 4.78 is 10.8. The number of ether oxygens (including phenoxy) is 2. The van der Waals surface area contributed by atoms with E-state index in [9.17, 15) is 0 Å². The topological polar surface area (TPSA) is 76.2 Å². The smallest absolute Gasteiger partial charge is 0.224 e. The Morgan fingerprint density at radius 3 is 2.83 bits per heavy atom. The van der Waals surface area contributed by atoms with Crippen LogP contribution in [0.15, 0.2) is 30.6 Å². The van der Waals surface area contributed by atoms with Crippen molar-refractivity contribution in [1.29, 1.82) is 0 Å². The van der Waals surface area contributed by atoms with Crippen LogP contribution in [-0.4, -0.2) is 53.6 Å². The van der Waals surface area contributed by atoms with Crippen molar-refractivity contribution in [3.63, 3.8) is 0 Å². The maximum absolute atomic E-state index is 5.40. The molecular weight excluding hydrogens is 294 g/mol. The lowest BCUT2D eigenvalue weighted by molar-refractivity contribution is 0.122. The van der Waals surface area contributed by atoms with E-state index in [1.807, 2.05) is 24.4 Å². The molecule has 4 rings (SSSR count). The van der Waals surface area contributed by atoms with Gasteiger partial charge in [0.25, 0.3) is 0 Å². The van der Waals surface area contributed by atoms with Crippen LogP contribution in [0.5, 0.6) is 5.88 Å². The Labute approximate surface area is 133 Å². The molecule has 0 bridgehead atoms. The van der Waals surface area contributed by atoms with Gasteiger partial charge in [-0.05, 0) is 18.2 Å². The lowest BCUT2D eigenvalue weighted by Crippen LogP contribution is -2.36. The van der Waals surface area contributed by atoms with Crippen molar-refractivity contribution in [1.82, 2.24) is 20.2 Å². The molecule has 0 aromatic carbocycles. The summed E-state index contributed by atoms with van der Waals surface area (Å²) in [5.41, 5.74) is 2.71. The number of hydrogen-bond donors (Lipinski definition) is 1. The first-order valence-electron chi connectivity index (χ1n) is 7.53. The minimum atomic E-state index is 0.566. The Bertz CT molecular complexity index is 826. The van der Waals surface area contributed by atoms with Crippen molar-refractivity contribution >= 4 is 16.7 Å². The third-order valence-electron chi connectivity index (χ3n) is 3.99. The molecule has 1 N–H and O–H groups in total. The number of morpholine rings is 1. The lowest BCUT2D eigenvalue weighted by Gasteiger charge is -2.27. The summed E-state index contributed by atoms with van der Waals surface area (Å²) in [5.74, 6) is 1.50. The molecule has 0 spiro atoms. The average molecular weight is 311 g/mol. The van der Waals surface area contributed by atoms with E-state index in [0.717, 1.165) is 54.3 Å². The third-order valence-corrected chi connectivity index (χ3v) is 3.99. The number of rotatable bonds is 3. The molecule has 0 radical (unpaired) electrons. The molecule has 1 aliphatic rings. The third kappa shape index (κ3) is 2.49. The van der Waals surface area contributed by atoms with E-state index in [1.165, 1.54) is 0 Å². The molecule has 4 heterocycles. The van der Waals surface area contributed by atoms with Gasteiger partial charge >= 0.3 is 0 Å². The maximum Gasteiger partial charge on any atom is 0.224 e. The van der Waals surface area contributed by atoms with Gasteiger partial charge in [0.05, 0.1) is 31.2 Å². The standard InChI is InChI=1S/C16H17N5O2/c1-22-16-14-12(3-5-18-16)19-20-15(14)11-2-4-17-13(10-11)21-6-8-23-9-7-21/h2-5,10H,6-9H2,1H3,(H,19,20). The molecule has 3 aromatic heterocycles. The molecule has 1 saturated heterocycles. The van der Waals surface area contributed by atoms with Gasteiger partial charge in [0, 0.05) is 31.0 Å². The first-order chi connectivity index (χ1) is 11.4. The molecule has 23 heavy (non-hydrogen) atoms. The van der Waals surface area contributed by atoms with Crippen molar-refractivity contribution < 1.29 is 9.47 Å². The van der Waals surface area contributed by atoms with Gasteiger partial charge in [-0.2, -0.15) is 5.10 Å². The fraction of sp³-hybridized carbons (Fsp3) is 0.312. The van der Waals surface area contributed by atoms with Gasteiger partial charge < -0.3 is 14.4 Å². The molecule has 0 aliphatic carbocycles. The summed E-state index contributed by atoms with van der Waals surface area (Å²) in [6.07, 6.45) is 3.51. The molecule has 0 atom stereocenters. The summed E-state index contributed by atoms with van der Waals surface area (Å²) in [4.78, 5) is 11.0. The molecule has 1 fully saturated rings. The Morgan fingerprint density at radius 1 is 1.17 bits per heavy atom. The van der Waals surface area contributed by atoms with Crippen molar-refractivity contribution in [2.75, 3.05) is 38.3 Å². The van der Waals surface area contributed by atoms with E-state index < -0.39 is 0 Å². The second-order valence-corrected chi connectivity index (χ2v) is 5.32. The molecule has 1 aliphatic heterocycles. The van der Waals surface area contributed by atoms with Gasteiger partial charge in [0.2, 0.25) is 5.88 Å². The number of H-pyrrole nitrogens is 1. The second kappa shape index (κ2) is 5.85. The highest BCUT2D eigenvalue weighted by atomic mass is 16.5. The van der Waals surface area contributed by atoms with Gasteiger partial charge in [0.1, 0.15) is 11.5 Å². The molecule has 0 amide bonds. The van der Waals surface area contributed by atoms with E-state index in [4.69, 9.17) is 9.47 Å². The Morgan fingerprint density at radius 2 is 2.00 bits per heavy atom. The summed E-state index contributed by atoms with van der Waals surface area (Å²) in [7, 11) is 1.62. The molecule has 0 unspecified atom stereocenters. The first kappa shape index (κ1) is 14.0. The first-order valence-corrected chi connectivity index (χ1v) is 7.53. The summed E-state index contributed by atoms with van der Waals surface area (Å²) in [5, 5.41) is 8.36. The van der Waals surface area contributed by atoms with Crippen LogP contribution in [0.3, 0.4) is 0 Å². The van der Waals surface area contributed by atoms with Crippen LogP contribution < -0.4 is 9.64 Å². The number of aromatic nitrogens is 4. The molecule has 7 nitrogen and oxygen atoms in total. The molecule has 0 saturated carbocycles. The van der Waals surface area contributed by atoms with Gasteiger partial charge in [0.15, 0.2) is 0 Å². The number of pyridine rings is 2. The fourth-order valence-corrected chi connectivity index (χ4v) is 2.83. The van der Waals surface area contributed by atoms with Crippen LogP contribution in [0.25, 0.3) is 22.2 Å². The summed E-state index contributed by atoms with van der Waals surface area (Å²) in [6.45, 7) is 3.16. The SMILES string of the molecule is COc1nccc2[nH]nc(-c3ccnc(N4CCOCC4)c3)c12. The van der Waals surface area contributed by atoms with Crippen molar-refractivity contribution in [2.45, 2.75) is 0 Å². The quantitative estimate of drug-likeness (QED) is 0.796. The van der Waals surface area contributed by atoms with Crippen molar-refractivity contribution in [3.05, 3.63) is 30.6 Å². The van der Waals surface area contributed by atoms with Gasteiger partial charge in [-0.3, -0.25) is 5.10 Å².